The van der Waals surface area contributed by atoms with Gasteiger partial charge in [-0.05, 0) is 22.8 Å². The highest BCUT2D eigenvalue weighted by atomic mass is 32.2. The maximum atomic E-state index is 12.0. The lowest BCUT2D eigenvalue weighted by atomic mass is 9.98. The first kappa shape index (κ1) is 12.3. The number of aliphatic hydroxyl groups is 1. The monoisotopic (exact) mass is 275 g/mol. The molecule has 0 bridgehead atoms. The summed E-state index contributed by atoms with van der Waals surface area (Å²) in [5, 5.41) is 9.16. The van der Waals surface area contributed by atoms with Crippen LogP contribution in [-0.2, 0) is 16.6 Å². The molecule has 0 saturated heterocycles. The molecule has 98 valence electrons. The molecule has 2 N–H and O–H groups in total. The van der Waals surface area contributed by atoms with Crippen LogP contribution in [0.5, 0.6) is 0 Å². The highest BCUT2D eigenvalue weighted by Gasteiger charge is 2.34. The fourth-order valence-corrected chi connectivity index (χ4v) is 3.82. The molecule has 2 aromatic carbocycles. The van der Waals surface area contributed by atoms with Crippen molar-refractivity contribution in [1.29, 1.82) is 0 Å². The van der Waals surface area contributed by atoms with Crippen LogP contribution in [0.2, 0.25) is 0 Å². The number of sulfonamides is 1. The van der Waals surface area contributed by atoms with E-state index in [0.717, 1.165) is 16.7 Å². The molecular formula is C14H13NO3S. The first-order valence-electron chi connectivity index (χ1n) is 5.93. The molecule has 0 unspecified atom stereocenters. The van der Waals surface area contributed by atoms with Crippen molar-refractivity contribution in [2.45, 2.75) is 17.5 Å². The number of fused-ring (bicyclic) bond motifs is 1. The number of aliphatic hydroxyl groups excluding tert-OH is 1. The summed E-state index contributed by atoms with van der Waals surface area (Å²) in [4.78, 5) is 0.328. The van der Waals surface area contributed by atoms with E-state index in [4.69, 9.17) is 5.11 Å². The van der Waals surface area contributed by atoms with Gasteiger partial charge in [-0.3, -0.25) is 0 Å². The number of nitrogens with one attached hydrogen (secondary N) is 1. The molecule has 4 nitrogen and oxygen atoms in total. The molecule has 0 saturated carbocycles. The molecule has 1 aliphatic rings. The van der Waals surface area contributed by atoms with E-state index in [1.807, 2.05) is 30.3 Å². The zero-order valence-electron chi connectivity index (χ0n) is 10.1. The Hall–Kier alpha value is -1.69. The quantitative estimate of drug-likeness (QED) is 0.874. The van der Waals surface area contributed by atoms with Crippen LogP contribution in [0.4, 0.5) is 0 Å². The minimum absolute atomic E-state index is 0.0606. The van der Waals surface area contributed by atoms with Crippen molar-refractivity contribution < 1.29 is 13.5 Å². The summed E-state index contributed by atoms with van der Waals surface area (Å²) in [6, 6.07) is 13.9. The third kappa shape index (κ3) is 2.06. The molecule has 1 aliphatic heterocycles. The van der Waals surface area contributed by atoms with Crippen molar-refractivity contribution >= 4 is 10.0 Å². The van der Waals surface area contributed by atoms with Crippen molar-refractivity contribution in [1.82, 2.24) is 4.72 Å². The van der Waals surface area contributed by atoms with E-state index in [0.29, 0.717) is 4.90 Å². The average Bonchev–Trinajstić information content (AvgIpc) is 2.72. The van der Waals surface area contributed by atoms with Crippen LogP contribution in [0.25, 0.3) is 0 Å². The largest absolute Gasteiger partial charge is 0.392 e. The van der Waals surface area contributed by atoms with E-state index >= 15 is 0 Å². The van der Waals surface area contributed by atoms with Crippen LogP contribution in [0.1, 0.15) is 22.7 Å². The van der Waals surface area contributed by atoms with Crippen molar-refractivity contribution in [2.24, 2.45) is 0 Å². The fraction of sp³-hybridized carbons (Fsp3) is 0.143. The van der Waals surface area contributed by atoms with Gasteiger partial charge in [-0.2, -0.15) is 4.72 Å². The normalized spacial score (nSPS) is 20.2. The smallest absolute Gasteiger partial charge is 0.241 e. The van der Waals surface area contributed by atoms with Crippen LogP contribution < -0.4 is 4.72 Å². The predicted molar refractivity (Wildman–Crippen MR) is 71.0 cm³/mol. The third-order valence-corrected chi connectivity index (χ3v) is 4.76. The topological polar surface area (TPSA) is 66.4 Å². The van der Waals surface area contributed by atoms with Crippen molar-refractivity contribution in [2.75, 3.05) is 0 Å². The van der Waals surface area contributed by atoms with Gasteiger partial charge in [0.25, 0.3) is 0 Å². The van der Waals surface area contributed by atoms with E-state index in [1.54, 1.807) is 18.2 Å². The zero-order chi connectivity index (χ0) is 13.5. The van der Waals surface area contributed by atoms with Gasteiger partial charge in [0.2, 0.25) is 10.0 Å². The number of benzene rings is 2. The summed E-state index contributed by atoms with van der Waals surface area (Å²) in [6.07, 6.45) is 0. The molecule has 3 rings (SSSR count). The van der Waals surface area contributed by atoms with Crippen molar-refractivity contribution in [3.8, 4) is 0 Å². The Bertz CT molecular complexity index is 725. The van der Waals surface area contributed by atoms with Gasteiger partial charge in [0.15, 0.2) is 0 Å². The Labute approximate surface area is 111 Å². The maximum Gasteiger partial charge on any atom is 0.241 e. The Morgan fingerprint density at radius 2 is 1.89 bits per heavy atom. The van der Waals surface area contributed by atoms with E-state index in [1.165, 1.54) is 0 Å². The van der Waals surface area contributed by atoms with Gasteiger partial charge in [-0.1, -0.05) is 42.5 Å². The van der Waals surface area contributed by atoms with Crippen LogP contribution in [-0.4, -0.2) is 13.5 Å². The summed E-state index contributed by atoms with van der Waals surface area (Å²) in [6.45, 7) is -0.0606. The minimum Gasteiger partial charge on any atom is -0.392 e. The van der Waals surface area contributed by atoms with Crippen LogP contribution in [0.3, 0.4) is 0 Å². The average molecular weight is 275 g/mol. The molecular weight excluding hydrogens is 262 g/mol. The fourth-order valence-electron chi connectivity index (χ4n) is 2.36. The molecule has 2 aromatic rings. The summed E-state index contributed by atoms with van der Waals surface area (Å²) >= 11 is 0. The zero-order valence-corrected chi connectivity index (χ0v) is 10.9. The Morgan fingerprint density at radius 1 is 1.11 bits per heavy atom. The highest BCUT2D eigenvalue weighted by Crippen LogP contribution is 2.35. The molecule has 0 aromatic heterocycles. The second kappa shape index (κ2) is 4.45. The van der Waals surface area contributed by atoms with Gasteiger partial charge in [-0.15, -0.1) is 0 Å². The van der Waals surface area contributed by atoms with Gasteiger partial charge in [-0.25, -0.2) is 8.42 Å². The van der Waals surface area contributed by atoms with Crippen LogP contribution in [0.15, 0.2) is 53.4 Å². The van der Waals surface area contributed by atoms with Crippen LogP contribution in [0, 0.1) is 0 Å². The first-order chi connectivity index (χ1) is 9.12. The number of hydrogen-bond acceptors (Lipinski definition) is 3. The van der Waals surface area contributed by atoms with Gasteiger partial charge in [0.05, 0.1) is 17.5 Å². The first-order valence-corrected chi connectivity index (χ1v) is 7.41. The maximum absolute atomic E-state index is 12.0. The Balaban J connectivity index is 2.13. The van der Waals surface area contributed by atoms with Crippen molar-refractivity contribution in [3.63, 3.8) is 0 Å². The summed E-state index contributed by atoms with van der Waals surface area (Å²) in [5.74, 6) is 0. The lowest BCUT2D eigenvalue weighted by molar-refractivity contribution is 0.281. The summed E-state index contributed by atoms with van der Waals surface area (Å²) in [5.41, 5.74) is 2.35. The van der Waals surface area contributed by atoms with E-state index in [2.05, 4.69) is 4.72 Å². The van der Waals surface area contributed by atoms with Crippen LogP contribution >= 0.6 is 0 Å². The third-order valence-electron chi connectivity index (χ3n) is 3.26. The second-order valence-electron chi connectivity index (χ2n) is 4.50. The molecule has 0 amide bonds. The lowest BCUT2D eigenvalue weighted by Crippen LogP contribution is -2.20. The second-order valence-corrected chi connectivity index (χ2v) is 6.18. The molecule has 0 spiro atoms. The molecule has 5 heteroatoms. The number of rotatable bonds is 2. The van der Waals surface area contributed by atoms with E-state index in [9.17, 15) is 8.42 Å². The highest BCUT2D eigenvalue weighted by molar-refractivity contribution is 7.89. The molecule has 0 aliphatic carbocycles. The molecule has 1 heterocycles. The van der Waals surface area contributed by atoms with E-state index < -0.39 is 10.0 Å². The van der Waals surface area contributed by atoms with Gasteiger partial charge < -0.3 is 5.11 Å². The lowest BCUT2D eigenvalue weighted by Gasteiger charge is -2.12. The molecule has 1 atom stereocenters. The molecule has 0 fully saturated rings. The minimum atomic E-state index is -3.43. The Kier molecular flexibility index (Phi) is 2.89. The predicted octanol–water partition coefficient (Wildman–Crippen LogP) is 1.56. The van der Waals surface area contributed by atoms with Gasteiger partial charge >= 0.3 is 0 Å². The standard InChI is InChI=1S/C14H13NO3S/c16-9-10-4-3-5-11(8-10)14-12-6-1-2-7-13(12)19(17,18)15-14/h1-8,14-16H,9H2/t14-/m1/s1. The summed E-state index contributed by atoms with van der Waals surface area (Å²) < 4.78 is 26.7. The molecule has 19 heavy (non-hydrogen) atoms. The van der Waals surface area contributed by atoms with Crippen molar-refractivity contribution in [3.05, 3.63) is 65.2 Å². The SMILES string of the molecule is O=S1(=O)N[C@H](c2cccc(CO)c2)c2ccccc21. The number of hydrogen-bond donors (Lipinski definition) is 2. The van der Waals surface area contributed by atoms with Gasteiger partial charge in [0.1, 0.15) is 0 Å². The van der Waals surface area contributed by atoms with Gasteiger partial charge in [0, 0.05) is 0 Å². The summed E-state index contributed by atoms with van der Waals surface area (Å²) in [7, 11) is -3.43. The van der Waals surface area contributed by atoms with E-state index in [-0.39, 0.29) is 12.6 Å². The molecule has 0 radical (unpaired) electrons. The Morgan fingerprint density at radius 3 is 2.68 bits per heavy atom.